The zero-order chi connectivity index (χ0) is 15.2. The monoisotopic (exact) mass is 303 g/mol. The average molecular weight is 303 g/mol. The van der Waals surface area contributed by atoms with Crippen molar-refractivity contribution in [2.24, 2.45) is 0 Å². The molecule has 21 heavy (non-hydrogen) atoms. The molecule has 4 nitrogen and oxygen atoms in total. The number of hydrogen-bond acceptors (Lipinski definition) is 3. The van der Waals surface area contributed by atoms with Crippen LogP contribution >= 0.6 is 11.3 Å². The number of carbonyl (C=O) groups excluding carboxylic acids is 1. The van der Waals surface area contributed by atoms with Gasteiger partial charge in [0.25, 0.3) is 5.91 Å². The first-order chi connectivity index (χ1) is 10.1. The lowest BCUT2D eigenvalue weighted by molar-refractivity contribution is -0.136. The molecule has 0 aliphatic rings. The Balaban J connectivity index is 2.35. The second-order valence-electron chi connectivity index (χ2n) is 4.56. The van der Waals surface area contributed by atoms with Crippen LogP contribution in [0.2, 0.25) is 0 Å². The van der Waals surface area contributed by atoms with Crippen molar-refractivity contribution in [3.63, 3.8) is 0 Å². The highest BCUT2D eigenvalue weighted by molar-refractivity contribution is 7.12. The van der Waals surface area contributed by atoms with Gasteiger partial charge in [0, 0.05) is 12.2 Å². The number of anilines is 1. The van der Waals surface area contributed by atoms with Crippen LogP contribution in [0.15, 0.2) is 41.8 Å². The number of carboxylic acid groups (broad SMARTS) is 1. The predicted octanol–water partition coefficient (Wildman–Crippen LogP) is 3.43. The van der Waals surface area contributed by atoms with Gasteiger partial charge < -0.3 is 10.0 Å². The van der Waals surface area contributed by atoms with Crippen molar-refractivity contribution >= 4 is 28.9 Å². The van der Waals surface area contributed by atoms with Crippen molar-refractivity contribution < 1.29 is 14.7 Å². The molecule has 1 heterocycles. The van der Waals surface area contributed by atoms with Crippen LogP contribution in [0.25, 0.3) is 0 Å². The number of rotatable bonds is 6. The number of nitrogens with zero attached hydrogens (tertiary/aromatic N) is 1. The molecule has 0 fully saturated rings. The molecule has 0 saturated carbocycles. The van der Waals surface area contributed by atoms with E-state index in [1.54, 1.807) is 11.0 Å². The molecule has 0 radical (unpaired) electrons. The van der Waals surface area contributed by atoms with Gasteiger partial charge in [0.2, 0.25) is 0 Å². The van der Waals surface area contributed by atoms with Crippen LogP contribution in [0.5, 0.6) is 0 Å². The van der Waals surface area contributed by atoms with Gasteiger partial charge in [-0.05, 0) is 29.5 Å². The van der Waals surface area contributed by atoms with Crippen molar-refractivity contribution in [1.29, 1.82) is 0 Å². The van der Waals surface area contributed by atoms with Gasteiger partial charge in [-0.3, -0.25) is 9.59 Å². The number of thiophene rings is 1. The third kappa shape index (κ3) is 3.70. The first kappa shape index (κ1) is 15.3. The Kier molecular flexibility index (Phi) is 5.11. The Morgan fingerprint density at radius 3 is 2.57 bits per heavy atom. The van der Waals surface area contributed by atoms with Crippen LogP contribution in [0.1, 0.15) is 28.6 Å². The van der Waals surface area contributed by atoms with Crippen LogP contribution < -0.4 is 4.90 Å². The number of para-hydroxylation sites is 1. The highest BCUT2D eigenvalue weighted by atomic mass is 32.1. The minimum atomic E-state index is -0.909. The molecule has 5 heteroatoms. The van der Waals surface area contributed by atoms with Gasteiger partial charge in [-0.2, -0.15) is 0 Å². The molecule has 0 spiro atoms. The molecule has 2 rings (SSSR count). The Hall–Kier alpha value is -2.14. The number of aryl methyl sites for hydroxylation is 1. The van der Waals surface area contributed by atoms with Gasteiger partial charge in [0.15, 0.2) is 0 Å². The number of benzene rings is 1. The standard InChI is InChI=1S/C16H17NO3S/c1-2-12-6-3-4-7-13(12)17(10-9-15(18)19)16(20)14-8-5-11-21-14/h3-8,11H,2,9-10H2,1H3,(H,18,19). The zero-order valence-corrected chi connectivity index (χ0v) is 12.6. The van der Waals surface area contributed by atoms with E-state index < -0.39 is 5.97 Å². The van der Waals surface area contributed by atoms with Crippen LogP contribution in [0.4, 0.5) is 5.69 Å². The summed E-state index contributed by atoms with van der Waals surface area (Å²) in [5.74, 6) is -1.06. The summed E-state index contributed by atoms with van der Waals surface area (Å²) in [5.41, 5.74) is 1.83. The largest absolute Gasteiger partial charge is 0.481 e. The minimum Gasteiger partial charge on any atom is -0.481 e. The van der Waals surface area contributed by atoms with Crippen molar-refractivity contribution in [2.45, 2.75) is 19.8 Å². The van der Waals surface area contributed by atoms with Gasteiger partial charge >= 0.3 is 5.97 Å². The van der Waals surface area contributed by atoms with Crippen molar-refractivity contribution in [2.75, 3.05) is 11.4 Å². The average Bonchev–Trinajstić information content (AvgIpc) is 3.01. The molecule has 1 amide bonds. The lowest BCUT2D eigenvalue weighted by Gasteiger charge is -2.24. The zero-order valence-electron chi connectivity index (χ0n) is 11.8. The van der Waals surface area contributed by atoms with E-state index in [1.807, 2.05) is 42.6 Å². The van der Waals surface area contributed by atoms with Crippen LogP contribution in [0, 0.1) is 0 Å². The highest BCUT2D eigenvalue weighted by Crippen LogP contribution is 2.24. The van der Waals surface area contributed by atoms with E-state index in [2.05, 4.69) is 0 Å². The summed E-state index contributed by atoms with van der Waals surface area (Å²) in [6, 6.07) is 11.2. The highest BCUT2D eigenvalue weighted by Gasteiger charge is 2.21. The number of aliphatic carboxylic acids is 1. The number of amides is 1. The molecule has 0 saturated heterocycles. The minimum absolute atomic E-state index is 0.0742. The van der Waals surface area contributed by atoms with E-state index in [0.29, 0.717) is 4.88 Å². The van der Waals surface area contributed by atoms with Crippen LogP contribution in [0.3, 0.4) is 0 Å². The second kappa shape index (κ2) is 7.04. The fraction of sp³-hybridized carbons (Fsp3) is 0.250. The predicted molar refractivity (Wildman–Crippen MR) is 84.1 cm³/mol. The third-order valence-electron chi connectivity index (χ3n) is 3.19. The summed E-state index contributed by atoms with van der Waals surface area (Å²) in [6.07, 6.45) is 0.715. The molecule has 0 atom stereocenters. The van der Waals surface area contributed by atoms with Crippen molar-refractivity contribution in [1.82, 2.24) is 0 Å². The smallest absolute Gasteiger partial charge is 0.305 e. The molecule has 0 bridgehead atoms. The topological polar surface area (TPSA) is 57.6 Å². The Morgan fingerprint density at radius 1 is 1.19 bits per heavy atom. The van der Waals surface area contributed by atoms with Gasteiger partial charge in [-0.15, -0.1) is 11.3 Å². The maximum absolute atomic E-state index is 12.6. The summed E-state index contributed by atoms with van der Waals surface area (Å²) in [7, 11) is 0. The van der Waals surface area contributed by atoms with E-state index in [9.17, 15) is 9.59 Å². The molecule has 1 N–H and O–H groups in total. The fourth-order valence-electron chi connectivity index (χ4n) is 2.15. The fourth-order valence-corrected chi connectivity index (χ4v) is 2.82. The van der Waals surface area contributed by atoms with Crippen LogP contribution in [-0.4, -0.2) is 23.5 Å². The quantitative estimate of drug-likeness (QED) is 0.889. The van der Waals surface area contributed by atoms with E-state index in [-0.39, 0.29) is 18.9 Å². The number of carboxylic acids is 1. The van der Waals surface area contributed by atoms with Crippen molar-refractivity contribution in [3.05, 3.63) is 52.2 Å². The Bertz CT molecular complexity index is 622. The normalized spacial score (nSPS) is 10.3. The first-order valence-corrected chi connectivity index (χ1v) is 7.66. The van der Waals surface area contributed by atoms with Gasteiger partial charge in [0.1, 0.15) is 0 Å². The number of hydrogen-bond donors (Lipinski definition) is 1. The maximum atomic E-state index is 12.6. The summed E-state index contributed by atoms with van der Waals surface area (Å²) in [5, 5.41) is 10.8. The molecule has 110 valence electrons. The second-order valence-corrected chi connectivity index (χ2v) is 5.51. The van der Waals surface area contributed by atoms with E-state index >= 15 is 0 Å². The van der Waals surface area contributed by atoms with E-state index in [4.69, 9.17) is 5.11 Å². The molecule has 0 unspecified atom stereocenters. The van der Waals surface area contributed by atoms with E-state index in [0.717, 1.165) is 17.7 Å². The molecule has 1 aromatic carbocycles. The third-order valence-corrected chi connectivity index (χ3v) is 4.05. The number of carbonyl (C=O) groups is 2. The van der Waals surface area contributed by atoms with Crippen LogP contribution in [-0.2, 0) is 11.2 Å². The van der Waals surface area contributed by atoms with Gasteiger partial charge in [0.05, 0.1) is 11.3 Å². The lowest BCUT2D eigenvalue weighted by Crippen LogP contribution is -2.33. The molecular formula is C16H17NO3S. The molecule has 2 aromatic rings. The van der Waals surface area contributed by atoms with E-state index in [1.165, 1.54) is 11.3 Å². The SMILES string of the molecule is CCc1ccccc1N(CCC(=O)O)C(=O)c1cccs1. The summed E-state index contributed by atoms with van der Waals surface area (Å²) in [4.78, 5) is 25.7. The maximum Gasteiger partial charge on any atom is 0.305 e. The van der Waals surface area contributed by atoms with Gasteiger partial charge in [-0.1, -0.05) is 31.2 Å². The van der Waals surface area contributed by atoms with Crippen molar-refractivity contribution in [3.8, 4) is 0 Å². The molecular weight excluding hydrogens is 286 g/mol. The summed E-state index contributed by atoms with van der Waals surface area (Å²) in [6.45, 7) is 2.19. The Morgan fingerprint density at radius 2 is 1.95 bits per heavy atom. The lowest BCUT2D eigenvalue weighted by atomic mass is 10.1. The summed E-state index contributed by atoms with van der Waals surface area (Å²) >= 11 is 1.36. The Labute approximate surface area is 127 Å². The van der Waals surface area contributed by atoms with Gasteiger partial charge in [-0.25, -0.2) is 0 Å². The first-order valence-electron chi connectivity index (χ1n) is 6.78. The summed E-state index contributed by atoms with van der Waals surface area (Å²) < 4.78 is 0. The molecule has 1 aromatic heterocycles. The molecule has 0 aliphatic heterocycles. The molecule has 0 aliphatic carbocycles.